The van der Waals surface area contributed by atoms with Gasteiger partial charge in [0.25, 0.3) is 10.0 Å². The van der Waals surface area contributed by atoms with Crippen LogP contribution in [0, 0.1) is 0 Å². The largest absolute Gasteiger partial charge is 0.350 e. The molecule has 0 aromatic heterocycles. The molecule has 3 N–H and O–H groups in total. The van der Waals surface area contributed by atoms with Crippen molar-refractivity contribution in [1.29, 1.82) is 0 Å². The van der Waals surface area contributed by atoms with Gasteiger partial charge in [-0.3, -0.25) is 0 Å². The van der Waals surface area contributed by atoms with Crippen LogP contribution >= 0.6 is 0 Å². The van der Waals surface area contributed by atoms with Crippen LogP contribution in [0.15, 0.2) is 0 Å². The Hall–Kier alpha value is -0.270. The molecule has 0 rings (SSSR count). The summed E-state index contributed by atoms with van der Waals surface area (Å²) in [6.45, 7) is 3.51. The fourth-order valence-corrected chi connectivity index (χ4v) is 2.03. The molecule has 0 aliphatic heterocycles. The van der Waals surface area contributed by atoms with Crippen LogP contribution in [0.5, 0.6) is 0 Å². The highest BCUT2D eigenvalue weighted by Crippen LogP contribution is 2.17. The molecule has 0 fully saturated rings. The fraction of sp³-hybridized carbons (Fsp3) is 1.00. The average molecular weight is 230 g/mol. The predicted molar refractivity (Wildman–Crippen MR) is 50.4 cm³/mol. The summed E-state index contributed by atoms with van der Waals surface area (Å²) in [6.07, 6.45) is 0.742. The van der Waals surface area contributed by atoms with E-state index in [1.807, 2.05) is 4.72 Å². The molecular weight excluding hydrogens is 214 g/mol. The number of alkyl halides is 2. The second kappa shape index (κ2) is 4.99. The van der Waals surface area contributed by atoms with Crippen molar-refractivity contribution in [3.05, 3.63) is 0 Å². The highest BCUT2D eigenvalue weighted by Gasteiger charge is 2.32. The van der Waals surface area contributed by atoms with E-state index in [9.17, 15) is 17.2 Å². The van der Waals surface area contributed by atoms with Gasteiger partial charge in [0.05, 0.1) is 0 Å². The van der Waals surface area contributed by atoms with Gasteiger partial charge in [-0.1, -0.05) is 6.92 Å². The number of nitrogens with one attached hydrogen (secondary N) is 1. The maximum absolute atomic E-state index is 12.0. The Bertz CT molecular complexity index is 269. The van der Waals surface area contributed by atoms with E-state index in [0.29, 0.717) is 12.8 Å². The van der Waals surface area contributed by atoms with Gasteiger partial charge in [-0.15, -0.1) is 0 Å². The first-order chi connectivity index (χ1) is 6.27. The first kappa shape index (κ1) is 13.7. The number of hydrogen-bond acceptors (Lipinski definition) is 3. The van der Waals surface area contributed by atoms with Crippen LogP contribution < -0.4 is 10.5 Å². The molecule has 86 valence electrons. The predicted octanol–water partition coefficient (Wildman–Crippen LogP) is 0.646. The van der Waals surface area contributed by atoms with Crippen LogP contribution in [0.1, 0.15) is 26.7 Å². The van der Waals surface area contributed by atoms with Crippen molar-refractivity contribution in [2.45, 2.75) is 38.0 Å². The van der Waals surface area contributed by atoms with Gasteiger partial charge in [0.1, 0.15) is 0 Å². The highest BCUT2D eigenvalue weighted by molar-refractivity contribution is 7.89. The van der Waals surface area contributed by atoms with Crippen molar-refractivity contribution in [2.24, 2.45) is 5.73 Å². The Morgan fingerprint density at radius 1 is 1.50 bits per heavy atom. The summed E-state index contributed by atoms with van der Waals surface area (Å²) in [5.74, 6) is -3.40. The Morgan fingerprint density at radius 3 is 2.29 bits per heavy atom. The van der Waals surface area contributed by atoms with Crippen molar-refractivity contribution >= 4 is 10.0 Å². The van der Waals surface area contributed by atoms with Gasteiger partial charge in [-0.25, -0.2) is 13.1 Å². The van der Waals surface area contributed by atoms with E-state index in [4.69, 9.17) is 5.73 Å². The molecule has 14 heavy (non-hydrogen) atoms. The zero-order valence-electron chi connectivity index (χ0n) is 8.26. The molecule has 4 nitrogen and oxygen atoms in total. The lowest BCUT2D eigenvalue weighted by Crippen LogP contribution is -2.48. The van der Waals surface area contributed by atoms with Gasteiger partial charge in [0.15, 0.2) is 0 Å². The molecular formula is C7H16F2N2O2S. The Labute approximate surface area is 82.9 Å². The molecule has 1 unspecified atom stereocenters. The van der Waals surface area contributed by atoms with Crippen molar-refractivity contribution in [3.63, 3.8) is 0 Å². The first-order valence-electron chi connectivity index (χ1n) is 4.28. The standard InChI is InChI=1S/C7H16F2N2O2S/c1-3-7(2,4-5-10)11-14(12,13)6(8)9/h6,11H,3-5,10H2,1-2H3. The van der Waals surface area contributed by atoms with Gasteiger partial charge in [0.2, 0.25) is 0 Å². The minimum Gasteiger partial charge on any atom is -0.330 e. The summed E-state index contributed by atoms with van der Waals surface area (Å²) in [5.41, 5.74) is 4.38. The summed E-state index contributed by atoms with van der Waals surface area (Å²) in [7, 11) is -4.53. The third-order valence-electron chi connectivity index (χ3n) is 2.10. The summed E-state index contributed by atoms with van der Waals surface area (Å²) in [5, 5.41) is 0. The average Bonchev–Trinajstić information content (AvgIpc) is 2.03. The van der Waals surface area contributed by atoms with E-state index < -0.39 is 21.3 Å². The van der Waals surface area contributed by atoms with E-state index in [-0.39, 0.29) is 6.54 Å². The molecule has 0 aromatic rings. The number of hydrogen-bond donors (Lipinski definition) is 2. The number of nitrogens with two attached hydrogens (primary N) is 1. The number of sulfonamides is 1. The SMILES string of the molecule is CCC(C)(CCN)NS(=O)(=O)C(F)F. The monoisotopic (exact) mass is 230 g/mol. The number of halogens is 2. The number of rotatable bonds is 6. The normalized spacial score (nSPS) is 17.0. The minimum atomic E-state index is -4.53. The molecule has 0 aliphatic rings. The van der Waals surface area contributed by atoms with Gasteiger partial charge in [-0.05, 0) is 26.3 Å². The molecule has 0 saturated carbocycles. The molecule has 0 spiro atoms. The fourth-order valence-electron chi connectivity index (χ4n) is 1.01. The summed E-state index contributed by atoms with van der Waals surface area (Å²) >= 11 is 0. The van der Waals surface area contributed by atoms with Gasteiger partial charge in [0, 0.05) is 5.54 Å². The summed E-state index contributed by atoms with van der Waals surface area (Å²) in [4.78, 5) is 0. The van der Waals surface area contributed by atoms with Crippen LogP contribution in [0.3, 0.4) is 0 Å². The molecule has 0 saturated heterocycles. The van der Waals surface area contributed by atoms with E-state index in [0.717, 1.165) is 0 Å². The zero-order valence-corrected chi connectivity index (χ0v) is 9.07. The zero-order chi connectivity index (χ0) is 11.4. The van der Waals surface area contributed by atoms with E-state index in [1.165, 1.54) is 0 Å². The Kier molecular flexibility index (Phi) is 4.90. The van der Waals surface area contributed by atoms with E-state index in [2.05, 4.69) is 0 Å². The van der Waals surface area contributed by atoms with Crippen molar-refractivity contribution in [1.82, 2.24) is 4.72 Å². The highest BCUT2D eigenvalue weighted by atomic mass is 32.2. The molecule has 0 heterocycles. The van der Waals surface area contributed by atoms with Crippen LogP contribution in [0.25, 0.3) is 0 Å². The second-order valence-electron chi connectivity index (χ2n) is 3.36. The molecule has 0 radical (unpaired) electrons. The van der Waals surface area contributed by atoms with Gasteiger partial charge < -0.3 is 5.73 Å². The third-order valence-corrected chi connectivity index (χ3v) is 3.35. The summed E-state index contributed by atoms with van der Waals surface area (Å²) in [6, 6.07) is 0. The topological polar surface area (TPSA) is 72.2 Å². The smallest absolute Gasteiger partial charge is 0.330 e. The molecule has 0 bridgehead atoms. The van der Waals surface area contributed by atoms with Crippen molar-refractivity contribution < 1.29 is 17.2 Å². The maximum atomic E-state index is 12.0. The quantitative estimate of drug-likeness (QED) is 0.703. The van der Waals surface area contributed by atoms with Gasteiger partial charge in [-0.2, -0.15) is 8.78 Å². The van der Waals surface area contributed by atoms with E-state index >= 15 is 0 Å². The minimum absolute atomic E-state index is 0.246. The lowest BCUT2D eigenvalue weighted by atomic mass is 9.96. The maximum Gasteiger partial charge on any atom is 0.350 e. The summed E-state index contributed by atoms with van der Waals surface area (Å²) < 4.78 is 47.8. The van der Waals surface area contributed by atoms with Crippen LogP contribution in [0.4, 0.5) is 8.78 Å². The first-order valence-corrected chi connectivity index (χ1v) is 5.83. The molecule has 7 heteroatoms. The van der Waals surface area contributed by atoms with Crippen LogP contribution in [-0.4, -0.2) is 26.3 Å². The van der Waals surface area contributed by atoms with Crippen LogP contribution in [-0.2, 0) is 10.0 Å². The third kappa shape index (κ3) is 3.85. The molecule has 0 aliphatic carbocycles. The Morgan fingerprint density at radius 2 is 2.00 bits per heavy atom. The molecule has 0 aromatic carbocycles. The molecule has 1 atom stereocenters. The Balaban J connectivity index is 4.62. The lowest BCUT2D eigenvalue weighted by molar-refractivity contribution is 0.227. The van der Waals surface area contributed by atoms with E-state index in [1.54, 1.807) is 13.8 Å². The van der Waals surface area contributed by atoms with Crippen molar-refractivity contribution in [2.75, 3.05) is 6.54 Å². The van der Waals surface area contributed by atoms with Crippen LogP contribution in [0.2, 0.25) is 0 Å². The van der Waals surface area contributed by atoms with Gasteiger partial charge >= 0.3 is 5.76 Å². The second-order valence-corrected chi connectivity index (χ2v) is 5.01. The molecule has 0 amide bonds. The van der Waals surface area contributed by atoms with Crippen molar-refractivity contribution in [3.8, 4) is 0 Å². The lowest BCUT2D eigenvalue weighted by Gasteiger charge is -2.28.